The van der Waals surface area contributed by atoms with Gasteiger partial charge in [0.25, 0.3) is 0 Å². The summed E-state index contributed by atoms with van der Waals surface area (Å²) >= 11 is 0. The second kappa shape index (κ2) is 10.2. The maximum Gasteiger partial charge on any atom is 1.00 e. The molecule has 0 bridgehead atoms. The number of hydrogen-bond donors (Lipinski definition) is 0. The summed E-state index contributed by atoms with van der Waals surface area (Å²) in [4.78, 5) is 2.40. The van der Waals surface area contributed by atoms with Gasteiger partial charge in [-0.3, -0.25) is 0 Å². The van der Waals surface area contributed by atoms with Crippen molar-refractivity contribution < 1.29 is 18.9 Å². The van der Waals surface area contributed by atoms with Gasteiger partial charge in [-0.25, -0.2) is 19.1 Å². The monoisotopic (exact) mass is 147 g/mol. The fourth-order valence-electron chi connectivity index (χ4n) is 0.915. The Hall–Kier alpha value is 0.167. The fraction of sp³-hybridized carbons (Fsp3) is 0.667. The fourth-order valence-corrected chi connectivity index (χ4v) is 0.915. The zero-order valence-electron chi connectivity index (χ0n) is 8.14. The van der Waals surface area contributed by atoms with Gasteiger partial charge in [0, 0.05) is 0 Å². The minimum Gasteiger partial charge on any atom is -0.305 e. The summed E-state index contributed by atoms with van der Waals surface area (Å²) in [5, 5.41) is 0. The van der Waals surface area contributed by atoms with E-state index in [2.05, 4.69) is 31.7 Å². The van der Waals surface area contributed by atoms with Crippen LogP contribution in [-0.2, 0) is 0 Å². The van der Waals surface area contributed by atoms with E-state index in [4.69, 9.17) is 0 Å². The van der Waals surface area contributed by atoms with E-state index in [-0.39, 0.29) is 18.9 Å². The molecule has 60 valence electrons. The zero-order valence-corrected chi connectivity index (χ0v) is 8.14. The molecule has 11 heavy (non-hydrogen) atoms. The molecule has 1 nitrogen and oxygen atoms in total. The zero-order chi connectivity index (χ0) is 7.82. The minimum atomic E-state index is 0. The van der Waals surface area contributed by atoms with Crippen LogP contribution < -0.4 is 18.9 Å². The largest absolute Gasteiger partial charge is 1.00 e. The van der Waals surface area contributed by atoms with Crippen LogP contribution in [0.1, 0.15) is 20.3 Å². The van der Waals surface area contributed by atoms with Crippen molar-refractivity contribution in [3.05, 3.63) is 19.1 Å². The van der Waals surface area contributed by atoms with E-state index in [1.807, 2.05) is 6.08 Å². The maximum absolute atomic E-state index is 3.64. The Bertz CT molecular complexity index is 87.6. The molecule has 0 saturated heterocycles. The molecule has 0 unspecified atom stereocenters. The van der Waals surface area contributed by atoms with Crippen LogP contribution in [0.25, 0.3) is 0 Å². The number of nitrogens with zero attached hydrogens (tertiary/aromatic N) is 1. The first-order valence-electron chi connectivity index (χ1n) is 4.01. The summed E-state index contributed by atoms with van der Waals surface area (Å²) in [5.74, 6) is 0. The second-order valence-electron chi connectivity index (χ2n) is 2.29. The number of rotatable bonds is 5. The van der Waals surface area contributed by atoms with E-state index in [1.165, 1.54) is 6.54 Å². The molecule has 0 aromatic carbocycles. The van der Waals surface area contributed by atoms with Crippen molar-refractivity contribution in [3.8, 4) is 0 Å². The van der Waals surface area contributed by atoms with Gasteiger partial charge in [0.1, 0.15) is 0 Å². The Balaban J connectivity index is 0. The first-order chi connectivity index (χ1) is 4.85. The molecule has 0 aliphatic carbocycles. The summed E-state index contributed by atoms with van der Waals surface area (Å²) in [6, 6.07) is 0. The van der Waals surface area contributed by atoms with Gasteiger partial charge in [0.2, 0.25) is 0 Å². The van der Waals surface area contributed by atoms with E-state index in [9.17, 15) is 0 Å². The van der Waals surface area contributed by atoms with E-state index in [1.54, 1.807) is 0 Å². The van der Waals surface area contributed by atoms with Crippen LogP contribution in [0.4, 0.5) is 0 Å². The van der Waals surface area contributed by atoms with Crippen LogP contribution >= 0.6 is 0 Å². The van der Waals surface area contributed by atoms with Gasteiger partial charge in [-0.2, -0.15) is 0 Å². The van der Waals surface area contributed by atoms with Crippen LogP contribution in [0.15, 0.2) is 12.2 Å². The van der Waals surface area contributed by atoms with Crippen molar-refractivity contribution in [2.75, 3.05) is 19.6 Å². The summed E-state index contributed by atoms with van der Waals surface area (Å²) in [6.07, 6.45) is 5.10. The second-order valence-corrected chi connectivity index (χ2v) is 2.29. The predicted molar refractivity (Wildman–Crippen MR) is 46.9 cm³/mol. The molecule has 0 fully saturated rings. The molecule has 0 amide bonds. The molecule has 0 spiro atoms. The third kappa shape index (κ3) is 8.07. The quantitative estimate of drug-likeness (QED) is 0.360. The average molecular weight is 147 g/mol. The van der Waals surface area contributed by atoms with Gasteiger partial charge < -0.3 is 4.90 Å². The van der Waals surface area contributed by atoms with Crippen molar-refractivity contribution in [3.63, 3.8) is 0 Å². The minimum absolute atomic E-state index is 0. The molecule has 0 aliphatic rings. The van der Waals surface area contributed by atoms with Crippen molar-refractivity contribution in [1.82, 2.24) is 4.90 Å². The SMILES string of the molecule is [CH2-]C=CCCN(CC)CC.[Li+]. The van der Waals surface area contributed by atoms with Crippen molar-refractivity contribution in [2.45, 2.75) is 20.3 Å². The first kappa shape index (κ1) is 13.7. The summed E-state index contributed by atoms with van der Waals surface area (Å²) in [5.41, 5.74) is 0. The molecule has 2 heteroatoms. The number of hydrogen-bond acceptors (Lipinski definition) is 1. The average Bonchev–Trinajstić information content (AvgIpc) is 1.99. The van der Waals surface area contributed by atoms with Crippen LogP contribution in [0.3, 0.4) is 0 Å². The summed E-state index contributed by atoms with van der Waals surface area (Å²) in [6.45, 7) is 11.5. The van der Waals surface area contributed by atoms with Gasteiger partial charge in [0.15, 0.2) is 0 Å². The maximum atomic E-state index is 3.64. The molecule has 0 saturated carbocycles. The Labute approximate surface area is 83.0 Å². The van der Waals surface area contributed by atoms with Crippen LogP contribution in [0, 0.1) is 6.92 Å². The first-order valence-corrected chi connectivity index (χ1v) is 4.01. The van der Waals surface area contributed by atoms with Crippen molar-refractivity contribution in [2.24, 2.45) is 0 Å². The number of allylic oxidation sites excluding steroid dienone is 1. The van der Waals surface area contributed by atoms with Crippen molar-refractivity contribution >= 4 is 0 Å². The smallest absolute Gasteiger partial charge is 0.305 e. The summed E-state index contributed by atoms with van der Waals surface area (Å²) < 4.78 is 0. The summed E-state index contributed by atoms with van der Waals surface area (Å²) in [7, 11) is 0. The molecule has 0 aromatic heterocycles. The van der Waals surface area contributed by atoms with Crippen LogP contribution in [0.5, 0.6) is 0 Å². The Morgan fingerprint density at radius 3 is 2.18 bits per heavy atom. The Morgan fingerprint density at radius 1 is 1.27 bits per heavy atom. The molecule has 0 rings (SSSR count). The van der Waals surface area contributed by atoms with Gasteiger partial charge in [-0.15, -0.1) is 0 Å². The van der Waals surface area contributed by atoms with Gasteiger partial charge in [-0.05, 0) is 19.6 Å². The molecular weight excluding hydrogens is 129 g/mol. The van der Waals surface area contributed by atoms with Gasteiger partial charge in [-0.1, -0.05) is 20.3 Å². The normalized spacial score (nSPS) is 10.5. The standard InChI is InChI=1S/C9H18N.Li/c1-4-7-8-9-10(5-2)6-3;/h4,7H,1,5-6,8-9H2,2-3H3;/q-1;+1. The van der Waals surface area contributed by atoms with E-state index in [0.717, 1.165) is 19.5 Å². The molecule has 0 heterocycles. The third-order valence-corrected chi connectivity index (χ3v) is 1.67. The third-order valence-electron chi connectivity index (χ3n) is 1.67. The van der Waals surface area contributed by atoms with Crippen molar-refractivity contribution in [1.29, 1.82) is 0 Å². The van der Waals surface area contributed by atoms with Crippen LogP contribution in [-0.4, -0.2) is 24.5 Å². The molecule has 0 aliphatic heterocycles. The predicted octanol–water partition coefficient (Wildman–Crippen LogP) is -0.887. The van der Waals surface area contributed by atoms with E-state index < -0.39 is 0 Å². The topological polar surface area (TPSA) is 3.24 Å². The molecule has 0 radical (unpaired) electrons. The van der Waals surface area contributed by atoms with E-state index >= 15 is 0 Å². The van der Waals surface area contributed by atoms with E-state index in [0.29, 0.717) is 0 Å². The Kier molecular flexibility index (Phi) is 12.7. The molecular formula is C9H18LiN. The van der Waals surface area contributed by atoms with Gasteiger partial charge >= 0.3 is 18.9 Å². The molecule has 0 atom stereocenters. The molecule has 0 aromatic rings. The Morgan fingerprint density at radius 2 is 1.82 bits per heavy atom. The van der Waals surface area contributed by atoms with Crippen LogP contribution in [0.2, 0.25) is 0 Å². The van der Waals surface area contributed by atoms with Gasteiger partial charge in [0.05, 0.1) is 0 Å². The molecule has 0 N–H and O–H groups in total.